The van der Waals surface area contributed by atoms with Crippen molar-refractivity contribution in [2.45, 2.75) is 13.3 Å². The summed E-state index contributed by atoms with van der Waals surface area (Å²) < 4.78 is 5.46. The summed E-state index contributed by atoms with van der Waals surface area (Å²) >= 11 is 0. The first-order valence-electron chi connectivity index (χ1n) is 10.7. The average molecular weight is 432 g/mol. The van der Waals surface area contributed by atoms with Gasteiger partial charge in [-0.3, -0.25) is 14.6 Å². The van der Waals surface area contributed by atoms with Crippen molar-refractivity contribution >= 4 is 40.6 Å². The summed E-state index contributed by atoms with van der Waals surface area (Å²) in [5.74, 6) is 1.71. The molecule has 164 valence electrons. The number of fused-ring (bicyclic) bond motifs is 3. The number of pyridine rings is 1. The van der Waals surface area contributed by atoms with Crippen LogP contribution in [0.4, 0.5) is 17.2 Å². The summed E-state index contributed by atoms with van der Waals surface area (Å²) in [5, 5.41) is 2.60. The Morgan fingerprint density at radius 3 is 2.72 bits per heavy atom. The molecule has 0 aliphatic carbocycles. The molecule has 0 spiro atoms. The van der Waals surface area contributed by atoms with Gasteiger partial charge < -0.3 is 19.9 Å². The number of carbonyl (C=O) groups is 2. The zero-order chi connectivity index (χ0) is 22.1. The second kappa shape index (κ2) is 8.51. The number of benzene rings is 1. The zero-order valence-corrected chi connectivity index (χ0v) is 17.9. The van der Waals surface area contributed by atoms with Crippen LogP contribution in [0.2, 0.25) is 0 Å². The van der Waals surface area contributed by atoms with Crippen LogP contribution in [0.3, 0.4) is 0 Å². The van der Waals surface area contributed by atoms with Crippen molar-refractivity contribution in [1.82, 2.24) is 9.88 Å². The number of carbonyl (C=O) groups excluding carboxylic acids is 2. The zero-order valence-electron chi connectivity index (χ0n) is 17.9. The molecular weight excluding hydrogens is 408 g/mol. The number of hydrogen-bond acceptors (Lipinski definition) is 8. The molecule has 32 heavy (non-hydrogen) atoms. The van der Waals surface area contributed by atoms with E-state index in [1.807, 2.05) is 4.90 Å². The third-order valence-electron chi connectivity index (χ3n) is 5.71. The average Bonchev–Trinajstić information content (AvgIpc) is 3.30. The third-order valence-corrected chi connectivity index (χ3v) is 5.71. The normalized spacial score (nSPS) is 17.3. The molecule has 5 rings (SSSR count). The molecule has 3 aliphatic heterocycles. The number of nitrogens with one attached hydrogen (secondary N) is 1. The van der Waals surface area contributed by atoms with Crippen molar-refractivity contribution in [2.24, 2.45) is 9.98 Å². The van der Waals surface area contributed by atoms with E-state index in [-0.39, 0.29) is 18.1 Å². The summed E-state index contributed by atoms with van der Waals surface area (Å²) in [6.07, 6.45) is 1.64. The molecule has 1 saturated heterocycles. The monoisotopic (exact) mass is 432 g/mol. The number of aliphatic imine (C=N–C) groups is 2. The van der Waals surface area contributed by atoms with E-state index < -0.39 is 0 Å². The molecule has 9 nitrogen and oxygen atoms in total. The minimum atomic E-state index is -0.205. The van der Waals surface area contributed by atoms with Crippen LogP contribution in [0.5, 0.6) is 0 Å². The number of ketones is 1. The maximum absolute atomic E-state index is 13.0. The molecule has 0 saturated carbocycles. The number of amides is 1. The van der Waals surface area contributed by atoms with Crippen LogP contribution >= 0.6 is 0 Å². The fraction of sp³-hybridized carbons (Fsp3) is 0.348. The van der Waals surface area contributed by atoms with Crippen molar-refractivity contribution in [2.75, 3.05) is 49.6 Å². The Hall–Kier alpha value is -3.59. The SMILES string of the molecule is CC(=O)Nc1ccc(C(=O)CC2=Nc3cc(N4CCOCC4)ccc3C3=NCCN23)cn1. The molecule has 0 unspecified atom stereocenters. The largest absolute Gasteiger partial charge is 0.378 e. The third kappa shape index (κ3) is 3.99. The van der Waals surface area contributed by atoms with Crippen LogP contribution in [0.15, 0.2) is 46.5 Å². The van der Waals surface area contributed by atoms with Gasteiger partial charge in [-0.25, -0.2) is 9.98 Å². The van der Waals surface area contributed by atoms with Gasteiger partial charge >= 0.3 is 0 Å². The van der Waals surface area contributed by atoms with Gasteiger partial charge in [0.05, 0.1) is 31.9 Å². The second-order valence-electron chi connectivity index (χ2n) is 7.90. The van der Waals surface area contributed by atoms with Crippen molar-refractivity contribution in [3.8, 4) is 0 Å². The molecule has 2 aromatic rings. The van der Waals surface area contributed by atoms with Gasteiger partial charge in [0, 0.05) is 49.6 Å². The Bertz CT molecular complexity index is 1120. The van der Waals surface area contributed by atoms with Gasteiger partial charge in [-0.05, 0) is 30.3 Å². The maximum Gasteiger partial charge on any atom is 0.222 e. The standard InChI is InChI=1S/C23H24N6O3/c1-15(30)26-21-5-2-16(14-25-21)20(31)13-22-27-19-12-17(28-8-10-32-11-9-28)3-4-18(19)23-24-6-7-29(22)23/h2-5,12,14H,6-11,13H2,1H3,(H,25,26,30). The number of Topliss-reactive ketones (excluding diaryl/α,β-unsaturated/α-hetero) is 1. The molecule has 0 radical (unpaired) electrons. The predicted octanol–water partition coefficient (Wildman–Crippen LogP) is 2.26. The van der Waals surface area contributed by atoms with Gasteiger partial charge in [0.1, 0.15) is 17.5 Å². The number of rotatable bonds is 5. The van der Waals surface area contributed by atoms with Gasteiger partial charge in [0.25, 0.3) is 0 Å². The van der Waals surface area contributed by atoms with Gasteiger partial charge in [-0.15, -0.1) is 0 Å². The Kier molecular flexibility index (Phi) is 5.40. The number of ether oxygens (including phenoxy) is 1. The highest BCUT2D eigenvalue weighted by atomic mass is 16.5. The lowest BCUT2D eigenvalue weighted by atomic mass is 10.0. The van der Waals surface area contributed by atoms with Gasteiger partial charge in [0.15, 0.2) is 5.78 Å². The minimum absolute atomic E-state index is 0.0790. The van der Waals surface area contributed by atoms with E-state index in [4.69, 9.17) is 9.73 Å². The molecule has 1 aromatic heterocycles. The van der Waals surface area contributed by atoms with E-state index in [0.717, 1.165) is 49.1 Å². The van der Waals surface area contributed by atoms with Gasteiger partial charge in [-0.1, -0.05) is 0 Å². The van der Waals surface area contributed by atoms with Crippen LogP contribution < -0.4 is 10.2 Å². The summed E-state index contributed by atoms with van der Waals surface area (Å²) in [5.41, 5.74) is 3.42. The summed E-state index contributed by atoms with van der Waals surface area (Å²) in [6.45, 7) is 5.95. The van der Waals surface area contributed by atoms with E-state index >= 15 is 0 Å². The highest BCUT2D eigenvalue weighted by Crippen LogP contribution is 2.33. The van der Waals surface area contributed by atoms with Crippen molar-refractivity contribution < 1.29 is 14.3 Å². The summed E-state index contributed by atoms with van der Waals surface area (Å²) in [6, 6.07) is 9.56. The lowest BCUT2D eigenvalue weighted by molar-refractivity contribution is -0.114. The van der Waals surface area contributed by atoms with Crippen LogP contribution in [0.25, 0.3) is 0 Å². The van der Waals surface area contributed by atoms with Crippen molar-refractivity contribution in [3.05, 3.63) is 47.7 Å². The van der Waals surface area contributed by atoms with Crippen LogP contribution in [0, 0.1) is 0 Å². The molecule has 0 atom stereocenters. The Morgan fingerprint density at radius 2 is 1.97 bits per heavy atom. The van der Waals surface area contributed by atoms with Crippen molar-refractivity contribution in [1.29, 1.82) is 0 Å². The molecule has 9 heteroatoms. The number of morpholine rings is 1. The van der Waals surface area contributed by atoms with E-state index in [1.165, 1.54) is 13.1 Å². The summed E-state index contributed by atoms with van der Waals surface area (Å²) in [4.78, 5) is 42.2. The highest BCUT2D eigenvalue weighted by Gasteiger charge is 2.31. The topological polar surface area (TPSA) is 99.5 Å². The fourth-order valence-electron chi connectivity index (χ4n) is 4.14. The van der Waals surface area contributed by atoms with E-state index in [0.29, 0.717) is 30.3 Å². The lowest BCUT2D eigenvalue weighted by Gasteiger charge is -2.31. The molecule has 1 aromatic carbocycles. The molecule has 0 bridgehead atoms. The van der Waals surface area contributed by atoms with E-state index in [2.05, 4.69) is 38.4 Å². The maximum atomic E-state index is 13.0. The number of nitrogens with zero attached hydrogens (tertiary/aromatic N) is 5. The Labute approximate surface area is 185 Å². The molecule has 4 heterocycles. The quantitative estimate of drug-likeness (QED) is 0.728. The second-order valence-corrected chi connectivity index (χ2v) is 7.90. The highest BCUT2D eigenvalue weighted by molar-refractivity contribution is 6.21. The lowest BCUT2D eigenvalue weighted by Crippen LogP contribution is -2.39. The Morgan fingerprint density at radius 1 is 1.12 bits per heavy atom. The fourth-order valence-corrected chi connectivity index (χ4v) is 4.14. The van der Waals surface area contributed by atoms with E-state index in [1.54, 1.807) is 12.1 Å². The summed E-state index contributed by atoms with van der Waals surface area (Å²) in [7, 11) is 0. The molecule has 1 fully saturated rings. The smallest absolute Gasteiger partial charge is 0.222 e. The first-order valence-corrected chi connectivity index (χ1v) is 10.7. The molecule has 3 aliphatic rings. The first-order chi connectivity index (χ1) is 15.6. The molecule has 1 amide bonds. The van der Waals surface area contributed by atoms with Crippen LogP contribution in [-0.2, 0) is 9.53 Å². The number of amidine groups is 2. The van der Waals surface area contributed by atoms with E-state index in [9.17, 15) is 9.59 Å². The van der Waals surface area contributed by atoms with Crippen LogP contribution in [0.1, 0.15) is 29.3 Å². The first kappa shape index (κ1) is 20.3. The number of anilines is 2. The molecule has 1 N–H and O–H groups in total. The van der Waals surface area contributed by atoms with Gasteiger partial charge in [0.2, 0.25) is 5.91 Å². The minimum Gasteiger partial charge on any atom is -0.378 e. The van der Waals surface area contributed by atoms with Crippen molar-refractivity contribution in [3.63, 3.8) is 0 Å². The number of hydrogen-bond donors (Lipinski definition) is 1. The number of aromatic nitrogens is 1. The van der Waals surface area contributed by atoms with Gasteiger partial charge in [-0.2, -0.15) is 0 Å². The van der Waals surface area contributed by atoms with Crippen LogP contribution in [-0.4, -0.2) is 72.6 Å². The molecular formula is C23H24N6O3. The predicted molar refractivity (Wildman–Crippen MR) is 122 cm³/mol. The Balaban J connectivity index is 1.40.